The summed E-state index contributed by atoms with van der Waals surface area (Å²) in [6.07, 6.45) is 1.04. The topological polar surface area (TPSA) is 81.2 Å². The highest BCUT2D eigenvalue weighted by molar-refractivity contribution is 5.55. The second-order valence-corrected chi connectivity index (χ2v) is 3.37. The van der Waals surface area contributed by atoms with Crippen molar-refractivity contribution < 1.29 is 4.92 Å². The smallest absolute Gasteiger partial charge is 0.271 e. The number of anilines is 1. The molecular formula is C9H11N3O2. The summed E-state index contributed by atoms with van der Waals surface area (Å²) in [5.41, 5.74) is 7.23. The van der Waals surface area contributed by atoms with Gasteiger partial charge in [-0.2, -0.15) is 0 Å². The Labute approximate surface area is 81.1 Å². The minimum absolute atomic E-state index is 0.0468. The molecule has 1 heterocycles. The van der Waals surface area contributed by atoms with Crippen molar-refractivity contribution in [1.82, 2.24) is 5.32 Å². The lowest BCUT2D eigenvalue weighted by Gasteiger charge is -2.28. The molecule has 1 fully saturated rings. The third-order valence-electron chi connectivity index (χ3n) is 2.48. The molecule has 0 spiro atoms. The van der Waals surface area contributed by atoms with Gasteiger partial charge < -0.3 is 11.1 Å². The lowest BCUT2D eigenvalue weighted by atomic mass is 9.96. The number of nitro benzene ring substituents is 1. The van der Waals surface area contributed by atoms with Gasteiger partial charge in [0.1, 0.15) is 0 Å². The molecule has 1 aliphatic heterocycles. The highest BCUT2D eigenvalue weighted by Gasteiger charge is 2.21. The molecule has 1 atom stereocenters. The van der Waals surface area contributed by atoms with Crippen LogP contribution in [0.15, 0.2) is 18.2 Å². The number of hydrogen-bond donors (Lipinski definition) is 2. The van der Waals surface area contributed by atoms with Crippen LogP contribution in [0.4, 0.5) is 11.4 Å². The van der Waals surface area contributed by atoms with Gasteiger partial charge in [0.05, 0.1) is 4.92 Å². The van der Waals surface area contributed by atoms with Crippen molar-refractivity contribution in [3.8, 4) is 0 Å². The molecule has 74 valence electrons. The van der Waals surface area contributed by atoms with Gasteiger partial charge in [-0.25, -0.2) is 0 Å². The van der Waals surface area contributed by atoms with E-state index in [0.717, 1.165) is 18.5 Å². The Morgan fingerprint density at radius 1 is 1.57 bits per heavy atom. The highest BCUT2D eigenvalue weighted by atomic mass is 16.6. The molecule has 1 aliphatic rings. The molecule has 1 saturated heterocycles. The normalized spacial score (nSPS) is 20.1. The number of non-ortho nitro benzene ring substituents is 1. The van der Waals surface area contributed by atoms with Gasteiger partial charge >= 0.3 is 0 Å². The van der Waals surface area contributed by atoms with Crippen LogP contribution in [0.1, 0.15) is 18.0 Å². The molecule has 1 unspecified atom stereocenters. The van der Waals surface area contributed by atoms with Gasteiger partial charge in [0, 0.05) is 23.9 Å². The third kappa shape index (κ3) is 1.42. The van der Waals surface area contributed by atoms with Gasteiger partial charge in [0.15, 0.2) is 0 Å². The Balaban J connectivity index is 2.30. The summed E-state index contributed by atoms with van der Waals surface area (Å²) in [5, 5.41) is 13.7. The summed E-state index contributed by atoms with van der Waals surface area (Å²) in [7, 11) is 0. The van der Waals surface area contributed by atoms with Gasteiger partial charge in [-0.1, -0.05) is 0 Å². The predicted octanol–water partition coefficient (Wildman–Crippen LogP) is 1.21. The lowest BCUT2D eigenvalue weighted by Crippen LogP contribution is -2.35. The first kappa shape index (κ1) is 8.96. The molecule has 0 bridgehead atoms. The Morgan fingerprint density at radius 2 is 2.29 bits per heavy atom. The molecule has 0 saturated carbocycles. The number of hydrogen-bond acceptors (Lipinski definition) is 4. The van der Waals surface area contributed by atoms with E-state index < -0.39 is 4.92 Å². The Morgan fingerprint density at radius 3 is 2.71 bits per heavy atom. The summed E-state index contributed by atoms with van der Waals surface area (Å²) >= 11 is 0. The van der Waals surface area contributed by atoms with E-state index in [1.165, 1.54) is 12.1 Å². The first-order valence-electron chi connectivity index (χ1n) is 4.45. The summed E-state index contributed by atoms with van der Waals surface area (Å²) in [5.74, 6) is 0. The van der Waals surface area contributed by atoms with Crippen molar-refractivity contribution >= 4 is 11.4 Å². The maximum atomic E-state index is 10.5. The fourth-order valence-corrected chi connectivity index (χ4v) is 1.55. The fourth-order valence-electron chi connectivity index (χ4n) is 1.55. The SMILES string of the molecule is Nc1cc([N+](=O)[O-])ccc1C1CCN1. The van der Waals surface area contributed by atoms with Gasteiger partial charge in [-0.3, -0.25) is 10.1 Å². The Kier molecular flexibility index (Phi) is 2.09. The number of nitrogen functional groups attached to an aromatic ring is 1. The molecule has 14 heavy (non-hydrogen) atoms. The van der Waals surface area contributed by atoms with Crippen molar-refractivity contribution in [1.29, 1.82) is 0 Å². The van der Waals surface area contributed by atoms with Crippen LogP contribution in [0.3, 0.4) is 0 Å². The first-order valence-corrected chi connectivity index (χ1v) is 4.45. The molecule has 1 aromatic carbocycles. The molecule has 5 heteroatoms. The molecule has 3 N–H and O–H groups in total. The van der Waals surface area contributed by atoms with E-state index in [-0.39, 0.29) is 11.7 Å². The minimum Gasteiger partial charge on any atom is -0.398 e. The predicted molar refractivity (Wildman–Crippen MR) is 52.9 cm³/mol. The van der Waals surface area contributed by atoms with Crippen LogP contribution >= 0.6 is 0 Å². The van der Waals surface area contributed by atoms with Gasteiger partial charge in [0.25, 0.3) is 5.69 Å². The zero-order valence-corrected chi connectivity index (χ0v) is 7.56. The summed E-state index contributed by atoms with van der Waals surface area (Å²) in [4.78, 5) is 10.0. The van der Waals surface area contributed by atoms with E-state index in [9.17, 15) is 10.1 Å². The molecule has 0 amide bonds. The fraction of sp³-hybridized carbons (Fsp3) is 0.333. The van der Waals surface area contributed by atoms with E-state index in [1.807, 2.05) is 0 Å². The largest absolute Gasteiger partial charge is 0.398 e. The number of nitrogens with zero attached hydrogens (tertiary/aromatic N) is 1. The van der Waals surface area contributed by atoms with E-state index in [1.54, 1.807) is 6.07 Å². The van der Waals surface area contributed by atoms with Crippen LogP contribution in [-0.4, -0.2) is 11.5 Å². The summed E-state index contributed by atoms with van der Waals surface area (Å²) in [6.45, 7) is 0.987. The second kappa shape index (κ2) is 3.26. The molecule has 0 aliphatic carbocycles. The number of nitro groups is 1. The summed E-state index contributed by atoms with van der Waals surface area (Å²) in [6, 6.07) is 4.90. The van der Waals surface area contributed by atoms with Crippen molar-refractivity contribution in [3.05, 3.63) is 33.9 Å². The van der Waals surface area contributed by atoms with Crippen molar-refractivity contribution in [2.24, 2.45) is 0 Å². The van der Waals surface area contributed by atoms with Gasteiger partial charge in [-0.05, 0) is 24.6 Å². The maximum Gasteiger partial charge on any atom is 0.271 e. The second-order valence-electron chi connectivity index (χ2n) is 3.37. The van der Waals surface area contributed by atoms with Crippen LogP contribution < -0.4 is 11.1 Å². The average Bonchev–Trinajstić information content (AvgIpc) is 2.04. The standard InChI is InChI=1S/C9H11N3O2/c10-8-5-6(12(13)14)1-2-7(8)9-3-4-11-9/h1-2,5,9,11H,3-4,10H2. The van der Waals surface area contributed by atoms with E-state index in [0.29, 0.717) is 5.69 Å². The molecule has 2 rings (SSSR count). The average molecular weight is 193 g/mol. The molecule has 0 aromatic heterocycles. The Bertz CT molecular complexity index is 374. The highest BCUT2D eigenvalue weighted by Crippen LogP contribution is 2.30. The molecule has 5 nitrogen and oxygen atoms in total. The minimum atomic E-state index is -0.436. The third-order valence-corrected chi connectivity index (χ3v) is 2.48. The van der Waals surface area contributed by atoms with E-state index in [2.05, 4.69) is 5.32 Å². The quantitative estimate of drug-likeness (QED) is 0.420. The first-order chi connectivity index (χ1) is 6.68. The van der Waals surface area contributed by atoms with Gasteiger partial charge in [-0.15, -0.1) is 0 Å². The van der Waals surface area contributed by atoms with Crippen LogP contribution in [0, 0.1) is 10.1 Å². The number of nitrogens with one attached hydrogen (secondary N) is 1. The van der Waals surface area contributed by atoms with Crippen LogP contribution in [0.2, 0.25) is 0 Å². The molecule has 1 aromatic rings. The van der Waals surface area contributed by atoms with Crippen molar-refractivity contribution in [3.63, 3.8) is 0 Å². The summed E-state index contributed by atoms with van der Waals surface area (Å²) < 4.78 is 0. The monoisotopic (exact) mass is 193 g/mol. The molecular weight excluding hydrogens is 182 g/mol. The zero-order valence-electron chi connectivity index (χ0n) is 7.56. The lowest BCUT2D eigenvalue weighted by molar-refractivity contribution is -0.384. The number of nitrogens with two attached hydrogens (primary N) is 1. The number of rotatable bonds is 2. The van der Waals surface area contributed by atoms with E-state index in [4.69, 9.17) is 5.73 Å². The maximum absolute atomic E-state index is 10.5. The van der Waals surface area contributed by atoms with Gasteiger partial charge in [0.2, 0.25) is 0 Å². The van der Waals surface area contributed by atoms with Crippen molar-refractivity contribution in [2.75, 3.05) is 12.3 Å². The zero-order chi connectivity index (χ0) is 10.1. The Hall–Kier alpha value is -1.62. The number of benzene rings is 1. The molecule has 0 radical (unpaired) electrons. The van der Waals surface area contributed by atoms with Crippen LogP contribution in [-0.2, 0) is 0 Å². The van der Waals surface area contributed by atoms with E-state index >= 15 is 0 Å². The van der Waals surface area contributed by atoms with Crippen molar-refractivity contribution in [2.45, 2.75) is 12.5 Å². The van der Waals surface area contributed by atoms with Crippen LogP contribution in [0.5, 0.6) is 0 Å². The van der Waals surface area contributed by atoms with Crippen LogP contribution in [0.25, 0.3) is 0 Å².